The molecule has 0 rings (SSSR count). The zero-order valence-electron chi connectivity index (χ0n) is 3.26. The molecule has 0 radical (unpaired) electrons. The van der Waals surface area contributed by atoms with Crippen molar-refractivity contribution in [2.75, 3.05) is 0 Å². The summed E-state index contributed by atoms with van der Waals surface area (Å²) in [7, 11) is 0. The molecule has 0 aromatic rings. The van der Waals surface area contributed by atoms with Gasteiger partial charge in [-0.25, -0.2) is 0 Å². The van der Waals surface area contributed by atoms with Gasteiger partial charge in [-0.3, -0.25) is 0 Å². The molecule has 0 aliphatic carbocycles. The molecule has 0 saturated heterocycles. The summed E-state index contributed by atoms with van der Waals surface area (Å²) in [4.78, 5) is 0. The standard InChI is InChI=1S/C3H6I2/c1-3(2,4)5/h1-2H3. The molecule has 5 heavy (non-hydrogen) atoms. The summed E-state index contributed by atoms with van der Waals surface area (Å²) in [5, 5.41) is 0. The molecule has 0 amide bonds. The lowest BCUT2D eigenvalue weighted by Crippen LogP contribution is -1.90. The van der Waals surface area contributed by atoms with E-state index in [2.05, 4.69) is 59.0 Å². The molecule has 0 aliphatic heterocycles. The van der Waals surface area contributed by atoms with Crippen molar-refractivity contribution in [3.05, 3.63) is 0 Å². The quantitative estimate of drug-likeness (QED) is 0.476. The van der Waals surface area contributed by atoms with E-state index in [1.54, 1.807) is 0 Å². The van der Waals surface area contributed by atoms with Gasteiger partial charge >= 0.3 is 0 Å². The van der Waals surface area contributed by atoms with Gasteiger partial charge < -0.3 is 0 Å². The second kappa shape index (κ2) is 1.95. The van der Waals surface area contributed by atoms with Crippen LogP contribution in [0.1, 0.15) is 13.8 Å². The highest BCUT2D eigenvalue weighted by molar-refractivity contribution is 14.2. The lowest BCUT2D eigenvalue weighted by molar-refractivity contribution is 1.13. The maximum atomic E-state index is 2.36. The summed E-state index contributed by atoms with van der Waals surface area (Å²) in [5.74, 6) is 0. The Morgan fingerprint density at radius 1 is 1.20 bits per heavy atom. The van der Waals surface area contributed by atoms with Crippen LogP contribution in [0.3, 0.4) is 0 Å². The Balaban J connectivity index is 3.02. The molecule has 0 nitrogen and oxygen atoms in total. The highest BCUT2D eigenvalue weighted by atomic mass is 127. The highest BCUT2D eigenvalue weighted by Crippen LogP contribution is 2.24. The van der Waals surface area contributed by atoms with Crippen LogP contribution in [0.25, 0.3) is 0 Å². The third-order valence-electron chi connectivity index (χ3n) is 0. The summed E-state index contributed by atoms with van der Waals surface area (Å²) < 4.78 is 0.440. The van der Waals surface area contributed by atoms with Gasteiger partial charge in [0.15, 0.2) is 0 Å². The van der Waals surface area contributed by atoms with Gasteiger partial charge in [-0.2, -0.15) is 0 Å². The van der Waals surface area contributed by atoms with Crippen LogP contribution in [-0.2, 0) is 0 Å². The molecule has 0 fully saturated rings. The van der Waals surface area contributed by atoms with Gasteiger partial charge in [-0.15, -0.1) is 0 Å². The Morgan fingerprint density at radius 3 is 1.20 bits per heavy atom. The van der Waals surface area contributed by atoms with Crippen LogP contribution in [0.15, 0.2) is 0 Å². The van der Waals surface area contributed by atoms with E-state index in [1.807, 2.05) is 0 Å². The Kier molecular flexibility index (Phi) is 2.52. The van der Waals surface area contributed by atoms with E-state index in [1.165, 1.54) is 0 Å². The van der Waals surface area contributed by atoms with Gasteiger partial charge in [0.05, 0.1) is 1.43 Å². The van der Waals surface area contributed by atoms with Crippen molar-refractivity contribution in [1.82, 2.24) is 0 Å². The number of hydrogen-bond acceptors (Lipinski definition) is 0. The Hall–Kier alpha value is 1.46. The van der Waals surface area contributed by atoms with Crippen LogP contribution in [-0.4, -0.2) is 1.43 Å². The van der Waals surface area contributed by atoms with Gasteiger partial charge in [0.1, 0.15) is 0 Å². The van der Waals surface area contributed by atoms with E-state index in [0.29, 0.717) is 1.43 Å². The third-order valence-corrected chi connectivity index (χ3v) is 0. The molecule has 0 atom stereocenters. The van der Waals surface area contributed by atoms with E-state index in [0.717, 1.165) is 0 Å². The Morgan fingerprint density at radius 2 is 1.20 bits per heavy atom. The molecule has 0 aliphatic rings. The van der Waals surface area contributed by atoms with Crippen molar-refractivity contribution in [2.24, 2.45) is 0 Å². The van der Waals surface area contributed by atoms with Crippen LogP contribution < -0.4 is 0 Å². The SMILES string of the molecule is CC(C)(I)I. The predicted octanol–water partition coefficient (Wildman–Crippen LogP) is 2.59. The molecular weight excluding hydrogens is 290 g/mol. The fourth-order valence-corrected chi connectivity index (χ4v) is 0. The average Bonchev–Trinajstić information content (AvgIpc) is 0.722. The molecule has 32 valence electrons. The number of rotatable bonds is 0. The zero-order valence-corrected chi connectivity index (χ0v) is 7.57. The Bertz CT molecular complexity index is 20.4. The first-order valence-electron chi connectivity index (χ1n) is 1.38. The third kappa shape index (κ3) is 30.7. The smallest absolute Gasteiger partial charge is 0.0678 e. The van der Waals surface area contributed by atoms with Gasteiger partial charge in [0, 0.05) is 0 Å². The summed E-state index contributed by atoms with van der Waals surface area (Å²) in [6.45, 7) is 4.32. The molecule has 0 aromatic heterocycles. The maximum Gasteiger partial charge on any atom is 0.0678 e. The van der Waals surface area contributed by atoms with Crippen LogP contribution in [0.5, 0.6) is 0 Å². The van der Waals surface area contributed by atoms with Crippen molar-refractivity contribution < 1.29 is 0 Å². The lowest BCUT2D eigenvalue weighted by atomic mass is 10.6. The van der Waals surface area contributed by atoms with Crippen LogP contribution >= 0.6 is 45.2 Å². The van der Waals surface area contributed by atoms with Crippen LogP contribution in [0, 0.1) is 0 Å². The van der Waals surface area contributed by atoms with Crippen molar-refractivity contribution in [3.63, 3.8) is 0 Å². The minimum atomic E-state index is 0.440. The summed E-state index contributed by atoms with van der Waals surface area (Å²) in [5.41, 5.74) is 0. The summed E-state index contributed by atoms with van der Waals surface area (Å²) in [6.07, 6.45) is 0. The van der Waals surface area contributed by atoms with Crippen molar-refractivity contribution in [1.29, 1.82) is 0 Å². The van der Waals surface area contributed by atoms with E-state index in [-0.39, 0.29) is 0 Å². The molecule has 0 aromatic carbocycles. The number of halogens is 2. The van der Waals surface area contributed by atoms with Crippen molar-refractivity contribution in [2.45, 2.75) is 15.3 Å². The molecule has 0 N–H and O–H groups in total. The highest BCUT2D eigenvalue weighted by Gasteiger charge is 2.01. The topological polar surface area (TPSA) is 0 Å². The fraction of sp³-hybridized carbons (Fsp3) is 1.00. The largest absolute Gasteiger partial charge is 0.0678 e. The molecule has 0 saturated carbocycles. The molecule has 0 heterocycles. The first-order chi connectivity index (χ1) is 2.00. The minimum absolute atomic E-state index is 0.440. The second-order valence-electron chi connectivity index (χ2n) is 1.33. The second-order valence-corrected chi connectivity index (χ2v) is 8.79. The summed E-state index contributed by atoms with van der Waals surface area (Å²) in [6, 6.07) is 0. The van der Waals surface area contributed by atoms with E-state index < -0.39 is 0 Å². The first kappa shape index (κ1) is 6.46. The lowest BCUT2D eigenvalue weighted by Gasteiger charge is -1.99. The number of hydrogen-bond donors (Lipinski definition) is 0. The van der Waals surface area contributed by atoms with Crippen molar-refractivity contribution >= 4 is 45.2 Å². The minimum Gasteiger partial charge on any atom is -0.0678 e. The van der Waals surface area contributed by atoms with E-state index >= 15 is 0 Å². The van der Waals surface area contributed by atoms with Crippen molar-refractivity contribution in [3.8, 4) is 0 Å². The van der Waals surface area contributed by atoms with E-state index in [9.17, 15) is 0 Å². The van der Waals surface area contributed by atoms with Crippen LogP contribution in [0.4, 0.5) is 0 Å². The number of alkyl halides is 2. The monoisotopic (exact) mass is 296 g/mol. The van der Waals surface area contributed by atoms with E-state index in [4.69, 9.17) is 0 Å². The van der Waals surface area contributed by atoms with Gasteiger partial charge in [0.25, 0.3) is 0 Å². The average molecular weight is 296 g/mol. The van der Waals surface area contributed by atoms with Gasteiger partial charge in [-0.05, 0) is 13.8 Å². The fourth-order valence-electron chi connectivity index (χ4n) is 0. The van der Waals surface area contributed by atoms with Crippen LogP contribution in [0.2, 0.25) is 0 Å². The Labute approximate surface area is 60.0 Å². The van der Waals surface area contributed by atoms with Gasteiger partial charge in [-0.1, -0.05) is 45.2 Å². The molecule has 0 bridgehead atoms. The summed E-state index contributed by atoms with van der Waals surface area (Å²) >= 11 is 4.73. The molecule has 0 unspecified atom stereocenters. The molecule has 0 spiro atoms. The molecule has 2 heteroatoms. The predicted molar refractivity (Wildman–Crippen MR) is 42.1 cm³/mol. The van der Waals surface area contributed by atoms with Gasteiger partial charge in [0.2, 0.25) is 0 Å². The normalized spacial score (nSPS) is 12.0. The molecular formula is C3H6I2. The maximum absolute atomic E-state index is 2.36. The first-order valence-corrected chi connectivity index (χ1v) is 3.54. The zero-order chi connectivity index (χ0) is 4.50.